The Labute approximate surface area is 131 Å². The zero-order valence-electron chi connectivity index (χ0n) is 14.2. The molecule has 0 radical (unpaired) electrons. The largest absolute Gasteiger partial charge is 0.469 e. The molecule has 0 amide bonds. The van der Waals surface area contributed by atoms with E-state index in [1.165, 1.54) is 64.9 Å². The molecule has 0 atom stereocenters. The van der Waals surface area contributed by atoms with Gasteiger partial charge >= 0.3 is 5.97 Å². The Morgan fingerprint density at radius 2 is 1.38 bits per heavy atom. The van der Waals surface area contributed by atoms with Crippen molar-refractivity contribution < 1.29 is 9.53 Å². The summed E-state index contributed by atoms with van der Waals surface area (Å²) in [7, 11) is 1.45. The lowest BCUT2D eigenvalue weighted by molar-refractivity contribution is -0.140. The molecule has 0 saturated carbocycles. The molecule has 0 spiro atoms. The minimum Gasteiger partial charge on any atom is -0.469 e. The van der Waals surface area contributed by atoms with Gasteiger partial charge < -0.3 is 4.74 Å². The summed E-state index contributed by atoms with van der Waals surface area (Å²) in [5.41, 5.74) is 3.29. The molecule has 0 rings (SSSR count). The van der Waals surface area contributed by atoms with Gasteiger partial charge in [-0.2, -0.15) is 0 Å². The first-order chi connectivity index (χ1) is 10.3. The van der Waals surface area contributed by atoms with Crippen LogP contribution in [0.25, 0.3) is 0 Å². The van der Waals surface area contributed by atoms with Crippen LogP contribution >= 0.6 is 0 Å². The maximum atomic E-state index is 10.9. The number of ether oxygens (including phenoxy) is 1. The molecule has 2 nitrogen and oxygen atoms in total. The lowest BCUT2D eigenvalue weighted by atomic mass is 10.1. The molecule has 0 aromatic heterocycles. The molecule has 0 aliphatic carbocycles. The fourth-order valence-corrected chi connectivity index (χ4v) is 2.25. The summed E-state index contributed by atoms with van der Waals surface area (Å²) in [5.74, 6) is -0.0854. The monoisotopic (exact) mass is 294 g/mol. The van der Waals surface area contributed by atoms with E-state index in [9.17, 15) is 4.79 Å². The van der Waals surface area contributed by atoms with Crippen molar-refractivity contribution in [3.05, 3.63) is 17.9 Å². The third-order valence-electron chi connectivity index (χ3n) is 3.64. The molecule has 0 aromatic carbocycles. The van der Waals surface area contributed by atoms with Gasteiger partial charge in [0.1, 0.15) is 0 Å². The van der Waals surface area contributed by atoms with E-state index in [4.69, 9.17) is 0 Å². The lowest BCUT2D eigenvalue weighted by Gasteiger charge is -1.99. The Morgan fingerprint density at radius 3 is 1.95 bits per heavy atom. The van der Waals surface area contributed by atoms with E-state index in [2.05, 4.69) is 29.5 Å². The van der Waals surface area contributed by atoms with E-state index in [1.807, 2.05) is 0 Å². The van der Waals surface area contributed by atoms with Crippen molar-refractivity contribution in [3.63, 3.8) is 0 Å². The maximum Gasteiger partial charge on any atom is 0.305 e. The van der Waals surface area contributed by atoms with Gasteiger partial charge in [-0.3, -0.25) is 4.79 Å². The van der Waals surface area contributed by atoms with Crippen molar-refractivity contribution in [2.75, 3.05) is 7.11 Å². The summed E-state index contributed by atoms with van der Waals surface area (Å²) in [4.78, 5) is 10.9. The number of carbonyl (C=O) groups is 1. The average molecular weight is 294 g/mol. The summed E-state index contributed by atoms with van der Waals surface area (Å²) < 4.78 is 4.61. The number of rotatable bonds is 14. The van der Waals surface area contributed by atoms with Crippen LogP contribution in [0.3, 0.4) is 0 Å². The molecule has 0 heterocycles. The van der Waals surface area contributed by atoms with Gasteiger partial charge in [0.25, 0.3) is 0 Å². The number of esters is 1. The standard InChI is InChI=1S/C19H34O2/c1-3-4-5-6-7-8-9-10-11-12-13-14-15-16-17-18-19(20)21-2/h9,11H,3-8,12-18H2,1-2H3. The Hall–Kier alpha value is -1.01. The number of methoxy groups -OCH3 is 1. The van der Waals surface area contributed by atoms with Crippen molar-refractivity contribution in [2.24, 2.45) is 0 Å². The minimum absolute atomic E-state index is 0.0854. The van der Waals surface area contributed by atoms with Gasteiger partial charge in [-0.05, 0) is 44.3 Å². The van der Waals surface area contributed by atoms with E-state index in [0.29, 0.717) is 6.42 Å². The lowest BCUT2D eigenvalue weighted by Crippen LogP contribution is -1.98. The predicted octanol–water partition coefficient (Wildman–Crippen LogP) is 5.96. The highest BCUT2D eigenvalue weighted by Gasteiger charge is 1.98. The first kappa shape index (κ1) is 20.0. The normalized spacial score (nSPS) is 10.0. The molecule has 0 aromatic rings. The van der Waals surface area contributed by atoms with Crippen molar-refractivity contribution in [3.8, 4) is 0 Å². The molecular formula is C19H34O2. The Morgan fingerprint density at radius 1 is 0.857 bits per heavy atom. The third-order valence-corrected chi connectivity index (χ3v) is 3.64. The molecule has 0 unspecified atom stereocenters. The quantitative estimate of drug-likeness (QED) is 0.224. The van der Waals surface area contributed by atoms with Crippen LogP contribution < -0.4 is 0 Å². The first-order valence-electron chi connectivity index (χ1n) is 8.77. The van der Waals surface area contributed by atoms with Crippen LogP contribution in [0, 0.1) is 0 Å². The Balaban J connectivity index is 3.22. The van der Waals surface area contributed by atoms with E-state index in [1.54, 1.807) is 0 Å². The highest BCUT2D eigenvalue weighted by atomic mass is 16.5. The molecule has 0 aliphatic heterocycles. The second kappa shape index (κ2) is 17.0. The molecular weight excluding hydrogens is 260 g/mol. The van der Waals surface area contributed by atoms with Gasteiger partial charge in [0.2, 0.25) is 0 Å². The predicted molar refractivity (Wildman–Crippen MR) is 90.4 cm³/mol. The zero-order chi connectivity index (χ0) is 15.6. The van der Waals surface area contributed by atoms with Crippen molar-refractivity contribution in [2.45, 2.75) is 90.4 Å². The van der Waals surface area contributed by atoms with Crippen LogP contribution in [-0.2, 0) is 9.53 Å². The highest BCUT2D eigenvalue weighted by molar-refractivity contribution is 5.68. The number of carbonyl (C=O) groups excluding carboxylic acids is 1. The van der Waals surface area contributed by atoms with Crippen LogP contribution in [0.2, 0.25) is 0 Å². The minimum atomic E-state index is -0.0854. The SMILES string of the molecule is CCCCCCCC=C=CCCCCCCCC(=O)OC. The fraction of sp³-hybridized carbons (Fsp3) is 0.789. The van der Waals surface area contributed by atoms with Crippen LogP contribution in [0.15, 0.2) is 17.9 Å². The van der Waals surface area contributed by atoms with Gasteiger partial charge in [-0.25, -0.2) is 0 Å². The molecule has 122 valence electrons. The zero-order valence-corrected chi connectivity index (χ0v) is 14.2. The van der Waals surface area contributed by atoms with E-state index in [0.717, 1.165) is 19.3 Å². The second-order valence-electron chi connectivity index (χ2n) is 5.66. The molecule has 21 heavy (non-hydrogen) atoms. The van der Waals surface area contributed by atoms with Gasteiger partial charge in [-0.15, -0.1) is 5.73 Å². The van der Waals surface area contributed by atoms with E-state index < -0.39 is 0 Å². The third kappa shape index (κ3) is 16.9. The van der Waals surface area contributed by atoms with Crippen molar-refractivity contribution >= 4 is 5.97 Å². The molecule has 0 saturated heterocycles. The summed E-state index contributed by atoms with van der Waals surface area (Å²) in [5, 5.41) is 0. The number of hydrogen-bond acceptors (Lipinski definition) is 2. The summed E-state index contributed by atoms with van der Waals surface area (Å²) in [6, 6.07) is 0. The van der Waals surface area contributed by atoms with Gasteiger partial charge in [-0.1, -0.05) is 51.9 Å². The smallest absolute Gasteiger partial charge is 0.305 e. The maximum absolute atomic E-state index is 10.9. The number of allylic oxidation sites excluding steroid dienone is 1. The Bertz CT molecular complexity index is 288. The average Bonchev–Trinajstić information content (AvgIpc) is 2.50. The Kier molecular flexibility index (Phi) is 16.2. The first-order valence-corrected chi connectivity index (χ1v) is 8.77. The van der Waals surface area contributed by atoms with Gasteiger partial charge in [0.15, 0.2) is 0 Å². The topological polar surface area (TPSA) is 26.3 Å². The molecule has 0 aliphatic rings. The molecule has 2 heteroatoms. The number of hydrogen-bond donors (Lipinski definition) is 0. The highest BCUT2D eigenvalue weighted by Crippen LogP contribution is 2.08. The summed E-state index contributed by atoms with van der Waals surface area (Å²) in [6.45, 7) is 2.25. The summed E-state index contributed by atoms with van der Waals surface area (Å²) >= 11 is 0. The van der Waals surface area contributed by atoms with Crippen LogP contribution in [0.1, 0.15) is 90.4 Å². The van der Waals surface area contributed by atoms with E-state index >= 15 is 0 Å². The summed E-state index contributed by atoms with van der Waals surface area (Å²) in [6.07, 6.45) is 19.7. The molecule has 0 fully saturated rings. The van der Waals surface area contributed by atoms with Crippen molar-refractivity contribution in [1.29, 1.82) is 0 Å². The van der Waals surface area contributed by atoms with Crippen LogP contribution in [0.5, 0.6) is 0 Å². The van der Waals surface area contributed by atoms with E-state index in [-0.39, 0.29) is 5.97 Å². The van der Waals surface area contributed by atoms with Crippen molar-refractivity contribution in [1.82, 2.24) is 0 Å². The number of unbranched alkanes of at least 4 members (excludes halogenated alkanes) is 10. The van der Waals surface area contributed by atoms with Crippen LogP contribution in [-0.4, -0.2) is 13.1 Å². The molecule has 0 N–H and O–H groups in total. The fourth-order valence-electron chi connectivity index (χ4n) is 2.25. The van der Waals surface area contributed by atoms with Gasteiger partial charge in [0, 0.05) is 6.42 Å². The van der Waals surface area contributed by atoms with Gasteiger partial charge in [0.05, 0.1) is 7.11 Å². The molecule has 0 bridgehead atoms. The second-order valence-corrected chi connectivity index (χ2v) is 5.66. The van der Waals surface area contributed by atoms with Crippen LogP contribution in [0.4, 0.5) is 0 Å².